The van der Waals surface area contributed by atoms with Crippen LogP contribution >= 0.6 is 11.8 Å². The number of hydrogen-bond acceptors (Lipinski definition) is 5. The fraction of sp³-hybridized carbons (Fsp3) is 0.167. The van der Waals surface area contributed by atoms with Gasteiger partial charge in [-0.3, -0.25) is 9.59 Å². The summed E-state index contributed by atoms with van der Waals surface area (Å²) < 4.78 is 1.79. The third-order valence-corrected chi connectivity index (χ3v) is 6.14. The molecule has 1 aromatic heterocycles. The summed E-state index contributed by atoms with van der Waals surface area (Å²) in [6, 6.07) is 21.2. The Hall–Kier alpha value is -3.65. The van der Waals surface area contributed by atoms with Crippen LogP contribution < -0.4 is 10.6 Å². The van der Waals surface area contributed by atoms with Crippen molar-refractivity contribution in [1.29, 1.82) is 0 Å². The van der Waals surface area contributed by atoms with Gasteiger partial charge in [0.05, 0.1) is 12.3 Å². The van der Waals surface area contributed by atoms with Gasteiger partial charge in [0.25, 0.3) is 5.91 Å². The van der Waals surface area contributed by atoms with Gasteiger partial charge in [-0.05, 0) is 30.0 Å². The van der Waals surface area contributed by atoms with E-state index >= 15 is 0 Å². The van der Waals surface area contributed by atoms with Crippen LogP contribution in [-0.2, 0) is 18.4 Å². The Kier molecular flexibility index (Phi) is 6.51. The van der Waals surface area contributed by atoms with Gasteiger partial charge in [0.15, 0.2) is 11.0 Å². The second-order valence-corrected chi connectivity index (χ2v) is 8.26. The molecule has 0 spiro atoms. The lowest BCUT2D eigenvalue weighted by atomic mass is 10.1. The van der Waals surface area contributed by atoms with Crippen LogP contribution in [-0.4, -0.2) is 32.3 Å². The molecule has 0 aliphatic rings. The smallest absolute Gasteiger partial charge is 0.251 e. The summed E-state index contributed by atoms with van der Waals surface area (Å²) in [5, 5.41) is 16.8. The minimum atomic E-state index is -0.158. The molecule has 7 nitrogen and oxygen atoms in total. The second-order valence-electron chi connectivity index (χ2n) is 7.32. The molecule has 3 aromatic carbocycles. The number of nitrogens with zero attached hydrogens (tertiary/aromatic N) is 3. The van der Waals surface area contributed by atoms with Gasteiger partial charge in [0.1, 0.15) is 0 Å². The molecule has 8 heteroatoms. The average molecular weight is 446 g/mol. The largest absolute Gasteiger partial charge is 0.345 e. The lowest BCUT2D eigenvalue weighted by molar-refractivity contribution is -0.113. The maximum atomic E-state index is 12.5. The fourth-order valence-electron chi connectivity index (χ4n) is 3.36. The Morgan fingerprint density at radius 3 is 2.56 bits per heavy atom. The molecular weight excluding hydrogens is 422 g/mol. The third kappa shape index (κ3) is 4.81. The lowest BCUT2D eigenvalue weighted by Crippen LogP contribution is -2.25. The van der Waals surface area contributed by atoms with E-state index < -0.39 is 0 Å². The number of nitrogens with one attached hydrogen (secondary N) is 2. The van der Waals surface area contributed by atoms with Crippen LogP contribution in [0.2, 0.25) is 0 Å². The number of thioether (sulfide) groups is 1. The number of aryl methyl sites for hydroxylation is 1. The topological polar surface area (TPSA) is 88.9 Å². The molecule has 0 radical (unpaired) electrons. The Morgan fingerprint density at radius 2 is 1.72 bits per heavy atom. The van der Waals surface area contributed by atoms with Crippen LogP contribution in [0.25, 0.3) is 10.8 Å². The highest BCUT2D eigenvalue weighted by molar-refractivity contribution is 7.99. The van der Waals surface area contributed by atoms with E-state index in [1.807, 2.05) is 74.6 Å². The normalized spacial score (nSPS) is 10.8. The SMILES string of the molecule is Cc1ccccc1C(=O)NCc1nnc(SCC(=O)Nc2cccc3ccccc23)n1C. The molecule has 0 fully saturated rings. The van der Waals surface area contributed by atoms with Crippen molar-refractivity contribution >= 4 is 40.0 Å². The first-order chi connectivity index (χ1) is 15.5. The van der Waals surface area contributed by atoms with Crippen LogP contribution in [0.1, 0.15) is 21.7 Å². The molecule has 162 valence electrons. The summed E-state index contributed by atoms with van der Waals surface area (Å²) >= 11 is 1.30. The van der Waals surface area contributed by atoms with Crippen molar-refractivity contribution in [2.24, 2.45) is 7.05 Å². The van der Waals surface area contributed by atoms with E-state index in [2.05, 4.69) is 20.8 Å². The number of aromatic nitrogens is 3. The van der Waals surface area contributed by atoms with Gasteiger partial charge in [0, 0.05) is 23.7 Å². The Bertz CT molecular complexity index is 1280. The minimum absolute atomic E-state index is 0.122. The number of benzene rings is 3. The maximum absolute atomic E-state index is 12.5. The zero-order valence-electron chi connectivity index (χ0n) is 17.8. The monoisotopic (exact) mass is 445 g/mol. The van der Waals surface area contributed by atoms with Crippen molar-refractivity contribution in [1.82, 2.24) is 20.1 Å². The van der Waals surface area contributed by atoms with Crippen LogP contribution in [0.4, 0.5) is 5.69 Å². The van der Waals surface area contributed by atoms with Crippen molar-refractivity contribution in [2.45, 2.75) is 18.6 Å². The van der Waals surface area contributed by atoms with Gasteiger partial charge in [-0.15, -0.1) is 10.2 Å². The molecule has 0 aliphatic heterocycles. The Labute approximate surface area is 190 Å². The van der Waals surface area contributed by atoms with Crippen molar-refractivity contribution in [3.63, 3.8) is 0 Å². The van der Waals surface area contributed by atoms with E-state index in [0.29, 0.717) is 16.5 Å². The number of hydrogen-bond donors (Lipinski definition) is 2. The number of fused-ring (bicyclic) bond motifs is 1. The van der Waals surface area contributed by atoms with Crippen molar-refractivity contribution < 1.29 is 9.59 Å². The van der Waals surface area contributed by atoms with E-state index in [-0.39, 0.29) is 24.1 Å². The van der Waals surface area contributed by atoms with Gasteiger partial charge >= 0.3 is 0 Å². The molecule has 4 rings (SSSR count). The third-order valence-electron chi connectivity index (χ3n) is 5.12. The van der Waals surface area contributed by atoms with Crippen molar-refractivity contribution in [3.8, 4) is 0 Å². The molecule has 0 bridgehead atoms. The van der Waals surface area contributed by atoms with Gasteiger partial charge in [-0.25, -0.2) is 0 Å². The maximum Gasteiger partial charge on any atom is 0.251 e. The zero-order valence-corrected chi connectivity index (χ0v) is 18.6. The molecule has 0 unspecified atom stereocenters. The number of rotatable bonds is 7. The summed E-state index contributed by atoms with van der Waals surface area (Å²) in [5.41, 5.74) is 2.33. The zero-order chi connectivity index (χ0) is 22.5. The predicted octanol–water partition coefficient (Wildman–Crippen LogP) is 3.94. The van der Waals surface area contributed by atoms with E-state index in [1.165, 1.54) is 11.8 Å². The molecule has 0 aliphatic carbocycles. The van der Waals surface area contributed by atoms with E-state index in [4.69, 9.17) is 0 Å². The molecule has 1 heterocycles. The highest BCUT2D eigenvalue weighted by atomic mass is 32.2. The Balaban J connectivity index is 1.34. The number of anilines is 1. The lowest BCUT2D eigenvalue weighted by Gasteiger charge is -2.09. The summed E-state index contributed by atoms with van der Waals surface area (Å²) in [6.07, 6.45) is 0. The first-order valence-electron chi connectivity index (χ1n) is 10.2. The number of amides is 2. The van der Waals surface area contributed by atoms with Crippen molar-refractivity contribution in [3.05, 3.63) is 83.7 Å². The van der Waals surface area contributed by atoms with Crippen LogP contribution in [0.15, 0.2) is 71.9 Å². The molecule has 0 saturated carbocycles. The minimum Gasteiger partial charge on any atom is -0.345 e. The first-order valence-corrected chi connectivity index (χ1v) is 11.1. The number of carbonyl (C=O) groups is 2. The van der Waals surface area contributed by atoms with Gasteiger partial charge < -0.3 is 15.2 Å². The highest BCUT2D eigenvalue weighted by Crippen LogP contribution is 2.23. The van der Waals surface area contributed by atoms with Gasteiger partial charge in [-0.2, -0.15) is 0 Å². The molecular formula is C24H23N5O2S. The predicted molar refractivity (Wildman–Crippen MR) is 127 cm³/mol. The van der Waals surface area contributed by atoms with Crippen LogP contribution in [0, 0.1) is 6.92 Å². The van der Waals surface area contributed by atoms with Gasteiger partial charge in [-0.1, -0.05) is 66.4 Å². The second kappa shape index (κ2) is 9.65. The number of carbonyl (C=O) groups excluding carboxylic acids is 2. The fourth-order valence-corrected chi connectivity index (χ4v) is 4.09. The van der Waals surface area contributed by atoms with E-state index in [0.717, 1.165) is 22.0 Å². The summed E-state index contributed by atoms with van der Waals surface area (Å²) in [5.74, 6) is 0.535. The van der Waals surface area contributed by atoms with Crippen LogP contribution in [0.5, 0.6) is 0 Å². The average Bonchev–Trinajstić information content (AvgIpc) is 3.16. The Morgan fingerprint density at radius 1 is 0.969 bits per heavy atom. The summed E-state index contributed by atoms with van der Waals surface area (Å²) in [4.78, 5) is 24.9. The molecule has 2 N–H and O–H groups in total. The highest BCUT2D eigenvalue weighted by Gasteiger charge is 2.14. The van der Waals surface area contributed by atoms with Crippen molar-refractivity contribution in [2.75, 3.05) is 11.1 Å². The van der Waals surface area contributed by atoms with E-state index in [1.54, 1.807) is 10.6 Å². The summed E-state index contributed by atoms with van der Waals surface area (Å²) in [7, 11) is 1.82. The van der Waals surface area contributed by atoms with E-state index in [9.17, 15) is 9.59 Å². The first kappa shape index (κ1) is 21.6. The quantitative estimate of drug-likeness (QED) is 0.421. The molecule has 4 aromatic rings. The van der Waals surface area contributed by atoms with Gasteiger partial charge in [0.2, 0.25) is 5.91 Å². The summed E-state index contributed by atoms with van der Waals surface area (Å²) in [6.45, 7) is 2.15. The molecule has 2 amide bonds. The standard InChI is InChI=1S/C24H23N5O2S/c1-16-8-3-5-11-18(16)23(31)25-14-21-27-28-24(29(21)2)32-15-22(30)26-20-13-7-10-17-9-4-6-12-19(17)20/h3-13H,14-15H2,1-2H3,(H,25,31)(H,26,30). The molecule has 0 saturated heterocycles. The molecule has 0 atom stereocenters. The van der Waals surface area contributed by atoms with Crippen LogP contribution in [0.3, 0.4) is 0 Å². The molecule has 32 heavy (non-hydrogen) atoms.